The van der Waals surface area contributed by atoms with Crippen LogP contribution in [-0.2, 0) is 0 Å². The molecule has 0 radical (unpaired) electrons. The van der Waals surface area contributed by atoms with Crippen molar-refractivity contribution in [1.29, 1.82) is 0 Å². The molecule has 0 fully saturated rings. The van der Waals surface area contributed by atoms with Gasteiger partial charge in [0.05, 0.1) is 5.56 Å². The fourth-order valence-corrected chi connectivity index (χ4v) is 3.70. The van der Waals surface area contributed by atoms with Crippen LogP contribution in [0.15, 0.2) is 118 Å². The first-order valence-electron chi connectivity index (χ1n) is 11.0. The third kappa shape index (κ3) is 4.86. The van der Waals surface area contributed by atoms with Crippen molar-refractivity contribution < 1.29 is 14.0 Å². The first kappa shape index (κ1) is 21.9. The summed E-state index contributed by atoms with van der Waals surface area (Å²) in [5.41, 5.74) is 3.42. The lowest BCUT2D eigenvalue weighted by Gasteiger charge is -2.09. The molecule has 0 saturated heterocycles. The van der Waals surface area contributed by atoms with Gasteiger partial charge in [-0.1, -0.05) is 48.5 Å². The second-order valence-corrected chi connectivity index (χ2v) is 7.91. The van der Waals surface area contributed by atoms with E-state index in [-0.39, 0.29) is 11.8 Å². The molecule has 170 valence electrons. The third-order valence-corrected chi connectivity index (χ3v) is 5.54. The summed E-state index contributed by atoms with van der Waals surface area (Å²) in [5, 5.41) is 6.48. The van der Waals surface area contributed by atoms with Gasteiger partial charge in [-0.15, -0.1) is 0 Å². The van der Waals surface area contributed by atoms with E-state index >= 15 is 0 Å². The summed E-state index contributed by atoms with van der Waals surface area (Å²) in [6.07, 6.45) is 0. The Bertz CT molecular complexity index is 1570. The molecule has 2 amide bonds. The second kappa shape index (κ2) is 9.49. The van der Waals surface area contributed by atoms with Crippen LogP contribution in [0.5, 0.6) is 0 Å². The van der Waals surface area contributed by atoms with Crippen LogP contribution in [0, 0.1) is 0 Å². The zero-order valence-electron chi connectivity index (χ0n) is 18.5. The summed E-state index contributed by atoms with van der Waals surface area (Å²) in [6, 6.07) is 31.7. The number of hydrogen-bond donors (Lipinski definition) is 2. The van der Waals surface area contributed by atoms with Gasteiger partial charge in [0.25, 0.3) is 11.8 Å². The van der Waals surface area contributed by atoms with Gasteiger partial charge in [-0.3, -0.25) is 9.59 Å². The van der Waals surface area contributed by atoms with Crippen LogP contribution in [0.25, 0.3) is 22.1 Å². The summed E-state index contributed by atoms with van der Waals surface area (Å²) < 4.78 is 5.40. The molecule has 0 aliphatic carbocycles. The Labute approximate surface area is 200 Å². The number of benzene rings is 4. The lowest BCUT2D eigenvalue weighted by Crippen LogP contribution is -2.13. The van der Waals surface area contributed by atoms with Crippen molar-refractivity contribution >= 4 is 34.2 Å². The minimum absolute atomic E-state index is 0.206. The lowest BCUT2D eigenvalue weighted by atomic mass is 10.0. The zero-order valence-corrected chi connectivity index (χ0v) is 18.5. The molecule has 5 rings (SSSR count). The van der Waals surface area contributed by atoms with Gasteiger partial charge in [-0.05, 0) is 66.2 Å². The fourth-order valence-electron chi connectivity index (χ4n) is 3.70. The standard InChI is InChI=1S/C29H20N2O4/c32-27(20-6-2-1-3-7-20)30-23-14-16-24(17-15-23)31-28(33)21-12-10-19(11-13-21)25-18-22-8-4-5-9-26(22)35-29(25)34/h1-18H,(H,30,32)(H,31,33). The van der Waals surface area contributed by atoms with Crippen LogP contribution >= 0.6 is 0 Å². The lowest BCUT2D eigenvalue weighted by molar-refractivity contribution is 0.101. The molecular weight excluding hydrogens is 440 g/mol. The van der Waals surface area contributed by atoms with Crippen molar-refractivity contribution in [2.24, 2.45) is 0 Å². The van der Waals surface area contributed by atoms with E-state index in [0.29, 0.717) is 39.2 Å². The SMILES string of the molecule is O=C(Nc1ccc(NC(=O)c2ccc(-c3cc4ccccc4oc3=O)cc2)cc1)c1ccccc1. The first-order valence-corrected chi connectivity index (χ1v) is 11.0. The predicted molar refractivity (Wildman–Crippen MR) is 137 cm³/mol. The van der Waals surface area contributed by atoms with E-state index in [0.717, 1.165) is 5.39 Å². The molecule has 5 aromatic rings. The van der Waals surface area contributed by atoms with Gasteiger partial charge in [0.15, 0.2) is 0 Å². The number of anilines is 2. The van der Waals surface area contributed by atoms with Crippen molar-refractivity contribution in [2.75, 3.05) is 10.6 Å². The van der Waals surface area contributed by atoms with E-state index in [1.807, 2.05) is 24.3 Å². The molecule has 0 aliphatic rings. The molecule has 0 unspecified atom stereocenters. The minimum Gasteiger partial charge on any atom is -0.422 e. The maximum atomic E-state index is 12.7. The minimum atomic E-state index is -0.430. The molecule has 1 heterocycles. The predicted octanol–water partition coefficient (Wildman–Crippen LogP) is 5.96. The number of fused-ring (bicyclic) bond motifs is 1. The van der Waals surface area contributed by atoms with Gasteiger partial charge in [0.1, 0.15) is 5.58 Å². The van der Waals surface area contributed by atoms with Gasteiger partial charge in [-0.25, -0.2) is 4.79 Å². The number of amides is 2. The zero-order chi connectivity index (χ0) is 24.2. The van der Waals surface area contributed by atoms with Gasteiger partial charge < -0.3 is 15.1 Å². The molecule has 35 heavy (non-hydrogen) atoms. The quantitative estimate of drug-likeness (QED) is 0.317. The highest BCUT2D eigenvalue weighted by molar-refractivity contribution is 6.06. The summed E-state index contributed by atoms with van der Waals surface area (Å²) in [4.78, 5) is 37.4. The monoisotopic (exact) mass is 460 g/mol. The van der Waals surface area contributed by atoms with Gasteiger partial charge in [0.2, 0.25) is 0 Å². The van der Waals surface area contributed by atoms with Crippen LogP contribution in [0.1, 0.15) is 20.7 Å². The first-order chi connectivity index (χ1) is 17.1. The molecule has 0 saturated carbocycles. The summed E-state index contributed by atoms with van der Waals surface area (Å²) >= 11 is 0. The molecule has 0 atom stereocenters. The summed E-state index contributed by atoms with van der Waals surface area (Å²) in [5.74, 6) is -0.494. The van der Waals surface area contributed by atoms with Crippen LogP contribution in [-0.4, -0.2) is 11.8 Å². The molecule has 6 nitrogen and oxygen atoms in total. The van der Waals surface area contributed by atoms with Crippen LogP contribution in [0.3, 0.4) is 0 Å². The molecule has 0 bridgehead atoms. The van der Waals surface area contributed by atoms with Gasteiger partial charge >= 0.3 is 5.63 Å². The Hall–Kier alpha value is -4.97. The molecular formula is C29H20N2O4. The number of hydrogen-bond acceptors (Lipinski definition) is 4. The van der Waals surface area contributed by atoms with E-state index in [4.69, 9.17) is 4.42 Å². The maximum Gasteiger partial charge on any atom is 0.344 e. The smallest absolute Gasteiger partial charge is 0.344 e. The van der Waals surface area contributed by atoms with E-state index in [9.17, 15) is 14.4 Å². The molecule has 0 aliphatic heterocycles. The van der Waals surface area contributed by atoms with Crippen molar-refractivity contribution in [2.45, 2.75) is 0 Å². The number of rotatable bonds is 5. The van der Waals surface area contributed by atoms with Crippen molar-refractivity contribution in [3.05, 3.63) is 131 Å². The molecule has 2 N–H and O–H groups in total. The number of para-hydroxylation sites is 1. The summed E-state index contributed by atoms with van der Waals surface area (Å²) in [6.45, 7) is 0. The molecule has 0 spiro atoms. The van der Waals surface area contributed by atoms with E-state index in [1.54, 1.807) is 84.9 Å². The second-order valence-electron chi connectivity index (χ2n) is 7.91. The normalized spacial score (nSPS) is 10.6. The Kier molecular flexibility index (Phi) is 5.92. The molecule has 1 aromatic heterocycles. The average molecular weight is 460 g/mol. The largest absolute Gasteiger partial charge is 0.422 e. The number of nitrogens with one attached hydrogen (secondary N) is 2. The fraction of sp³-hybridized carbons (Fsp3) is 0. The average Bonchev–Trinajstić information content (AvgIpc) is 2.90. The molecule has 6 heteroatoms. The Morgan fingerprint density at radius 1 is 0.600 bits per heavy atom. The van der Waals surface area contributed by atoms with Crippen molar-refractivity contribution in [3.8, 4) is 11.1 Å². The highest BCUT2D eigenvalue weighted by atomic mass is 16.4. The van der Waals surface area contributed by atoms with Gasteiger partial charge in [0, 0.05) is 27.9 Å². The Morgan fingerprint density at radius 3 is 1.77 bits per heavy atom. The third-order valence-electron chi connectivity index (χ3n) is 5.54. The highest BCUT2D eigenvalue weighted by Gasteiger charge is 2.11. The topological polar surface area (TPSA) is 88.4 Å². The van der Waals surface area contributed by atoms with Gasteiger partial charge in [-0.2, -0.15) is 0 Å². The van der Waals surface area contributed by atoms with Crippen molar-refractivity contribution in [3.63, 3.8) is 0 Å². The summed E-state index contributed by atoms with van der Waals surface area (Å²) in [7, 11) is 0. The maximum absolute atomic E-state index is 12.7. The van der Waals surface area contributed by atoms with Crippen LogP contribution in [0.2, 0.25) is 0 Å². The van der Waals surface area contributed by atoms with Crippen molar-refractivity contribution in [1.82, 2.24) is 0 Å². The Morgan fingerprint density at radius 2 is 1.14 bits per heavy atom. The van der Waals surface area contributed by atoms with E-state index in [2.05, 4.69) is 10.6 Å². The highest BCUT2D eigenvalue weighted by Crippen LogP contribution is 2.22. The van der Waals surface area contributed by atoms with Crippen LogP contribution in [0.4, 0.5) is 11.4 Å². The number of carbonyl (C=O) groups excluding carboxylic acids is 2. The molecule has 4 aromatic carbocycles. The number of carbonyl (C=O) groups is 2. The van der Waals surface area contributed by atoms with Crippen LogP contribution < -0.4 is 16.3 Å². The van der Waals surface area contributed by atoms with E-state index in [1.165, 1.54) is 0 Å². The van der Waals surface area contributed by atoms with E-state index < -0.39 is 5.63 Å². The Balaban J connectivity index is 1.26.